The molecule has 0 bridgehead atoms. The molecule has 0 aliphatic carbocycles. The van der Waals surface area contributed by atoms with Gasteiger partial charge in [0.2, 0.25) is 15.9 Å². The van der Waals surface area contributed by atoms with Crippen LogP contribution in [0.5, 0.6) is 0 Å². The van der Waals surface area contributed by atoms with E-state index in [1.54, 1.807) is 30.6 Å². The van der Waals surface area contributed by atoms with Gasteiger partial charge >= 0.3 is 0 Å². The zero-order chi connectivity index (χ0) is 17.6. The van der Waals surface area contributed by atoms with Gasteiger partial charge in [-0.2, -0.15) is 4.31 Å². The highest BCUT2D eigenvalue weighted by Gasteiger charge is 2.27. The zero-order valence-electron chi connectivity index (χ0n) is 14.0. The second-order valence-electron chi connectivity index (χ2n) is 5.54. The van der Waals surface area contributed by atoms with Crippen molar-refractivity contribution in [1.82, 2.24) is 14.6 Å². The molecule has 0 radical (unpaired) electrons. The first kappa shape index (κ1) is 18.4. The Hall–Kier alpha value is -1.99. The summed E-state index contributed by atoms with van der Waals surface area (Å²) in [6, 6.07) is 6.77. The number of benzene rings is 1. The van der Waals surface area contributed by atoms with Crippen molar-refractivity contribution in [2.45, 2.75) is 31.6 Å². The van der Waals surface area contributed by atoms with Crippen LogP contribution in [0.3, 0.4) is 0 Å². The standard InChI is InChI=1S/C17H23N3O3S/c1-3-9-19-17(21)13-20(11-4-2)24(22,23)16-7-5-6-14-12-18-10-8-15(14)16/h5-8,10,12H,3-4,9,11,13H2,1-2H3,(H,19,21). The Morgan fingerprint density at radius 1 is 1.21 bits per heavy atom. The molecule has 1 N–H and O–H groups in total. The van der Waals surface area contributed by atoms with Gasteiger partial charge < -0.3 is 5.32 Å². The summed E-state index contributed by atoms with van der Waals surface area (Å²) in [5.74, 6) is -0.282. The Kier molecular flexibility index (Phi) is 6.28. The van der Waals surface area contributed by atoms with Crippen molar-refractivity contribution in [2.24, 2.45) is 0 Å². The number of carbonyl (C=O) groups is 1. The number of nitrogens with one attached hydrogen (secondary N) is 1. The Balaban J connectivity index is 2.38. The highest BCUT2D eigenvalue weighted by atomic mass is 32.2. The highest BCUT2D eigenvalue weighted by Crippen LogP contribution is 2.25. The van der Waals surface area contributed by atoms with Crippen LogP contribution in [0.1, 0.15) is 26.7 Å². The van der Waals surface area contributed by atoms with Crippen molar-refractivity contribution in [3.05, 3.63) is 36.7 Å². The second kappa shape index (κ2) is 8.21. The minimum absolute atomic E-state index is 0.169. The molecule has 6 nitrogen and oxygen atoms in total. The predicted octanol–water partition coefficient (Wildman–Crippen LogP) is 2.16. The molecule has 130 valence electrons. The quantitative estimate of drug-likeness (QED) is 0.792. The summed E-state index contributed by atoms with van der Waals surface area (Å²) < 4.78 is 27.4. The molecule has 0 saturated heterocycles. The topological polar surface area (TPSA) is 79.4 Å². The van der Waals surface area contributed by atoms with Gasteiger partial charge in [0.15, 0.2) is 0 Å². The maximum absolute atomic E-state index is 13.1. The summed E-state index contributed by atoms with van der Waals surface area (Å²) >= 11 is 0. The summed E-state index contributed by atoms with van der Waals surface area (Å²) in [4.78, 5) is 16.2. The second-order valence-corrected chi connectivity index (χ2v) is 7.45. The van der Waals surface area contributed by atoms with Gasteiger partial charge in [-0.3, -0.25) is 9.78 Å². The SMILES string of the molecule is CCCNC(=O)CN(CCC)S(=O)(=O)c1cccc2cnccc12. The van der Waals surface area contributed by atoms with Crippen LogP contribution in [0.15, 0.2) is 41.6 Å². The average Bonchev–Trinajstić information content (AvgIpc) is 2.59. The lowest BCUT2D eigenvalue weighted by atomic mass is 10.2. The Morgan fingerprint density at radius 3 is 2.71 bits per heavy atom. The van der Waals surface area contributed by atoms with E-state index in [4.69, 9.17) is 0 Å². The number of sulfonamides is 1. The fraction of sp³-hybridized carbons (Fsp3) is 0.412. The number of aromatic nitrogens is 1. The molecule has 0 fully saturated rings. The van der Waals surface area contributed by atoms with Crippen LogP contribution in [0, 0.1) is 0 Å². The van der Waals surface area contributed by atoms with Gasteiger partial charge in [-0.25, -0.2) is 8.42 Å². The minimum Gasteiger partial charge on any atom is -0.355 e. The lowest BCUT2D eigenvalue weighted by Gasteiger charge is -2.22. The number of amides is 1. The summed E-state index contributed by atoms with van der Waals surface area (Å²) in [6.45, 7) is 4.50. The van der Waals surface area contributed by atoms with E-state index in [0.717, 1.165) is 11.8 Å². The molecule has 0 aliphatic rings. The largest absolute Gasteiger partial charge is 0.355 e. The number of hydrogen-bond acceptors (Lipinski definition) is 4. The molecule has 1 aromatic carbocycles. The third-order valence-corrected chi connectivity index (χ3v) is 5.53. The molecule has 0 saturated carbocycles. The van der Waals surface area contributed by atoms with Gasteiger partial charge in [-0.05, 0) is 25.0 Å². The van der Waals surface area contributed by atoms with Gasteiger partial charge in [0, 0.05) is 36.3 Å². The van der Waals surface area contributed by atoms with Crippen LogP contribution in [0.2, 0.25) is 0 Å². The van der Waals surface area contributed by atoms with Gasteiger partial charge in [-0.1, -0.05) is 26.0 Å². The van der Waals surface area contributed by atoms with Crippen molar-refractivity contribution in [1.29, 1.82) is 0 Å². The minimum atomic E-state index is -3.77. The van der Waals surface area contributed by atoms with Gasteiger partial charge in [0.05, 0.1) is 11.4 Å². The molecule has 0 atom stereocenters. The van der Waals surface area contributed by atoms with E-state index in [1.165, 1.54) is 4.31 Å². The molecule has 1 aromatic heterocycles. The highest BCUT2D eigenvalue weighted by molar-refractivity contribution is 7.89. The molecule has 2 rings (SSSR count). The first-order valence-corrected chi connectivity index (χ1v) is 9.54. The molecule has 2 aromatic rings. The Labute approximate surface area is 142 Å². The Morgan fingerprint density at radius 2 is 2.00 bits per heavy atom. The van der Waals surface area contributed by atoms with Gasteiger partial charge in [-0.15, -0.1) is 0 Å². The molecule has 0 aliphatic heterocycles. The molecule has 24 heavy (non-hydrogen) atoms. The monoisotopic (exact) mass is 349 g/mol. The summed E-state index contributed by atoms with van der Waals surface area (Å²) in [7, 11) is -3.77. The summed E-state index contributed by atoms with van der Waals surface area (Å²) in [6.07, 6.45) is 4.64. The van der Waals surface area contributed by atoms with E-state index in [2.05, 4.69) is 10.3 Å². The van der Waals surface area contributed by atoms with Gasteiger partial charge in [0.25, 0.3) is 0 Å². The smallest absolute Gasteiger partial charge is 0.244 e. The lowest BCUT2D eigenvalue weighted by Crippen LogP contribution is -2.41. The van der Waals surface area contributed by atoms with E-state index in [0.29, 0.717) is 24.9 Å². The van der Waals surface area contributed by atoms with Crippen LogP contribution in [-0.4, -0.2) is 43.2 Å². The van der Waals surface area contributed by atoms with Gasteiger partial charge in [0.1, 0.15) is 0 Å². The van der Waals surface area contributed by atoms with Crippen LogP contribution < -0.4 is 5.32 Å². The average molecular weight is 349 g/mol. The third-order valence-electron chi connectivity index (χ3n) is 3.62. The molecular weight excluding hydrogens is 326 g/mol. The first-order valence-electron chi connectivity index (χ1n) is 8.10. The van der Waals surface area contributed by atoms with Crippen LogP contribution in [-0.2, 0) is 14.8 Å². The number of carbonyl (C=O) groups excluding carboxylic acids is 1. The molecular formula is C17H23N3O3S. The van der Waals surface area contributed by atoms with E-state index < -0.39 is 10.0 Å². The van der Waals surface area contributed by atoms with Crippen LogP contribution in [0.4, 0.5) is 0 Å². The van der Waals surface area contributed by atoms with E-state index in [-0.39, 0.29) is 17.3 Å². The fourth-order valence-corrected chi connectivity index (χ4v) is 4.17. The van der Waals surface area contributed by atoms with Crippen molar-refractivity contribution in [3.63, 3.8) is 0 Å². The molecule has 0 spiro atoms. The van der Waals surface area contributed by atoms with Crippen molar-refractivity contribution < 1.29 is 13.2 Å². The van der Waals surface area contributed by atoms with Crippen molar-refractivity contribution in [2.75, 3.05) is 19.6 Å². The van der Waals surface area contributed by atoms with E-state index in [9.17, 15) is 13.2 Å². The first-order chi connectivity index (χ1) is 11.5. The van der Waals surface area contributed by atoms with E-state index >= 15 is 0 Å². The van der Waals surface area contributed by atoms with Crippen molar-refractivity contribution >= 4 is 26.7 Å². The third kappa shape index (κ3) is 4.10. The summed E-state index contributed by atoms with van der Waals surface area (Å²) in [5.41, 5.74) is 0. The predicted molar refractivity (Wildman–Crippen MR) is 94.1 cm³/mol. The number of pyridine rings is 1. The number of nitrogens with zero attached hydrogens (tertiary/aromatic N) is 2. The molecule has 7 heteroatoms. The van der Waals surface area contributed by atoms with Crippen LogP contribution in [0.25, 0.3) is 10.8 Å². The molecule has 0 unspecified atom stereocenters. The molecule has 1 heterocycles. The maximum Gasteiger partial charge on any atom is 0.244 e. The number of fused-ring (bicyclic) bond motifs is 1. The van der Waals surface area contributed by atoms with E-state index in [1.807, 2.05) is 19.9 Å². The van der Waals surface area contributed by atoms with Crippen molar-refractivity contribution in [3.8, 4) is 0 Å². The summed E-state index contributed by atoms with van der Waals surface area (Å²) in [5, 5.41) is 4.10. The zero-order valence-corrected chi connectivity index (χ0v) is 14.8. The number of hydrogen-bond donors (Lipinski definition) is 1. The maximum atomic E-state index is 13.1. The van der Waals surface area contributed by atoms with Crippen LogP contribution >= 0.6 is 0 Å². The lowest BCUT2D eigenvalue weighted by molar-refractivity contribution is -0.121. The Bertz CT molecular complexity index is 800. The normalized spacial score (nSPS) is 11.8. The molecule has 1 amide bonds. The fourth-order valence-electron chi connectivity index (χ4n) is 2.47. The number of rotatable bonds is 8.